The SMILES string of the molecule is CN1Cc2c(NC(=O)c3ccc(CN)o3)cccc2C1=O. The number of amides is 2. The first-order valence-electron chi connectivity index (χ1n) is 6.57. The zero-order valence-corrected chi connectivity index (χ0v) is 11.6. The lowest BCUT2D eigenvalue weighted by Crippen LogP contribution is -2.17. The van der Waals surface area contributed by atoms with Crippen molar-refractivity contribution < 1.29 is 14.0 Å². The standard InChI is InChI=1S/C15H15N3O3/c1-18-8-11-10(15(18)20)3-2-4-12(11)17-14(19)13-6-5-9(7-16)21-13/h2-6H,7-8,16H2,1H3,(H,17,19). The van der Waals surface area contributed by atoms with Crippen LogP contribution >= 0.6 is 0 Å². The van der Waals surface area contributed by atoms with Crippen molar-refractivity contribution in [3.8, 4) is 0 Å². The predicted octanol–water partition coefficient (Wildman–Crippen LogP) is 1.58. The lowest BCUT2D eigenvalue weighted by molar-refractivity contribution is 0.0816. The molecule has 0 atom stereocenters. The predicted molar refractivity (Wildman–Crippen MR) is 76.8 cm³/mol. The van der Waals surface area contributed by atoms with Crippen LogP contribution < -0.4 is 11.1 Å². The second kappa shape index (κ2) is 5.06. The molecule has 0 saturated heterocycles. The molecule has 1 aliphatic heterocycles. The third kappa shape index (κ3) is 2.30. The van der Waals surface area contributed by atoms with E-state index in [1.807, 2.05) is 0 Å². The van der Waals surface area contributed by atoms with E-state index >= 15 is 0 Å². The Morgan fingerprint density at radius 1 is 1.38 bits per heavy atom. The maximum Gasteiger partial charge on any atom is 0.291 e. The third-order valence-electron chi connectivity index (χ3n) is 3.48. The first-order chi connectivity index (χ1) is 10.1. The molecule has 0 aliphatic carbocycles. The number of rotatable bonds is 3. The van der Waals surface area contributed by atoms with E-state index in [0.29, 0.717) is 23.6 Å². The zero-order chi connectivity index (χ0) is 15.0. The Kier molecular flexibility index (Phi) is 3.23. The molecule has 0 fully saturated rings. The number of hydrogen-bond acceptors (Lipinski definition) is 4. The van der Waals surface area contributed by atoms with Gasteiger partial charge in [-0.3, -0.25) is 9.59 Å². The molecule has 1 aromatic carbocycles. The van der Waals surface area contributed by atoms with Gasteiger partial charge in [-0.1, -0.05) is 6.07 Å². The Balaban J connectivity index is 1.86. The van der Waals surface area contributed by atoms with E-state index in [1.165, 1.54) is 0 Å². The molecule has 3 rings (SSSR count). The third-order valence-corrected chi connectivity index (χ3v) is 3.48. The summed E-state index contributed by atoms with van der Waals surface area (Å²) in [5.41, 5.74) is 7.52. The van der Waals surface area contributed by atoms with Crippen LogP contribution in [0.25, 0.3) is 0 Å². The average Bonchev–Trinajstić information content (AvgIpc) is 3.06. The Bertz CT molecular complexity index is 721. The molecule has 2 amide bonds. The summed E-state index contributed by atoms with van der Waals surface area (Å²) in [5.74, 6) is 0.355. The van der Waals surface area contributed by atoms with Crippen LogP contribution in [0.5, 0.6) is 0 Å². The lowest BCUT2D eigenvalue weighted by atomic mass is 10.1. The Labute approximate surface area is 121 Å². The molecule has 2 aromatic rings. The lowest BCUT2D eigenvalue weighted by Gasteiger charge is -2.08. The van der Waals surface area contributed by atoms with Crippen molar-refractivity contribution in [3.63, 3.8) is 0 Å². The smallest absolute Gasteiger partial charge is 0.291 e. The molecule has 0 radical (unpaired) electrons. The molecule has 108 valence electrons. The summed E-state index contributed by atoms with van der Waals surface area (Å²) in [6.45, 7) is 0.726. The van der Waals surface area contributed by atoms with Gasteiger partial charge in [0.1, 0.15) is 5.76 Å². The number of carbonyl (C=O) groups excluding carboxylic acids is 2. The minimum Gasteiger partial charge on any atom is -0.455 e. The molecule has 2 heterocycles. The van der Waals surface area contributed by atoms with Gasteiger partial charge in [0.2, 0.25) is 0 Å². The van der Waals surface area contributed by atoms with E-state index in [1.54, 1.807) is 42.3 Å². The minimum atomic E-state index is -0.356. The van der Waals surface area contributed by atoms with Crippen LogP contribution in [-0.2, 0) is 13.1 Å². The molecule has 0 saturated carbocycles. The van der Waals surface area contributed by atoms with Crippen molar-refractivity contribution in [2.24, 2.45) is 5.73 Å². The van der Waals surface area contributed by atoms with Gasteiger partial charge in [-0.15, -0.1) is 0 Å². The number of furan rings is 1. The zero-order valence-electron chi connectivity index (χ0n) is 11.6. The van der Waals surface area contributed by atoms with Gasteiger partial charge in [-0.25, -0.2) is 0 Å². The molecular formula is C15H15N3O3. The highest BCUT2D eigenvalue weighted by Gasteiger charge is 2.27. The molecule has 6 nitrogen and oxygen atoms in total. The quantitative estimate of drug-likeness (QED) is 0.896. The van der Waals surface area contributed by atoms with Gasteiger partial charge in [0, 0.05) is 30.4 Å². The van der Waals surface area contributed by atoms with Crippen LogP contribution in [0.4, 0.5) is 5.69 Å². The molecule has 6 heteroatoms. The van der Waals surface area contributed by atoms with E-state index in [4.69, 9.17) is 10.2 Å². The number of fused-ring (bicyclic) bond motifs is 1. The van der Waals surface area contributed by atoms with Crippen molar-refractivity contribution in [1.29, 1.82) is 0 Å². The van der Waals surface area contributed by atoms with Gasteiger partial charge in [-0.2, -0.15) is 0 Å². The van der Waals surface area contributed by atoms with Crippen molar-refractivity contribution in [3.05, 3.63) is 53.0 Å². The van der Waals surface area contributed by atoms with Crippen molar-refractivity contribution in [2.75, 3.05) is 12.4 Å². The molecule has 0 spiro atoms. The van der Waals surface area contributed by atoms with E-state index in [9.17, 15) is 9.59 Å². The van der Waals surface area contributed by atoms with E-state index in [2.05, 4.69) is 5.32 Å². The number of anilines is 1. The fourth-order valence-electron chi connectivity index (χ4n) is 2.38. The largest absolute Gasteiger partial charge is 0.455 e. The van der Waals surface area contributed by atoms with Crippen LogP contribution in [0.3, 0.4) is 0 Å². The second-order valence-electron chi connectivity index (χ2n) is 4.92. The van der Waals surface area contributed by atoms with Gasteiger partial charge in [0.15, 0.2) is 5.76 Å². The number of benzene rings is 1. The fourth-order valence-corrected chi connectivity index (χ4v) is 2.38. The summed E-state index contributed by atoms with van der Waals surface area (Å²) in [6, 6.07) is 8.53. The van der Waals surface area contributed by atoms with Crippen molar-refractivity contribution in [1.82, 2.24) is 4.90 Å². The molecule has 3 N–H and O–H groups in total. The summed E-state index contributed by atoms with van der Waals surface area (Å²) >= 11 is 0. The maximum absolute atomic E-state index is 12.2. The Morgan fingerprint density at radius 2 is 2.19 bits per heavy atom. The number of nitrogens with two attached hydrogens (primary N) is 1. The summed E-state index contributed by atoms with van der Waals surface area (Å²) in [4.78, 5) is 25.7. The summed E-state index contributed by atoms with van der Waals surface area (Å²) in [6.07, 6.45) is 0. The molecule has 21 heavy (non-hydrogen) atoms. The van der Waals surface area contributed by atoms with Crippen LogP contribution in [0.15, 0.2) is 34.7 Å². The van der Waals surface area contributed by atoms with Crippen LogP contribution in [0.2, 0.25) is 0 Å². The first-order valence-corrected chi connectivity index (χ1v) is 6.57. The summed E-state index contributed by atoms with van der Waals surface area (Å²) in [7, 11) is 1.73. The first kappa shape index (κ1) is 13.4. The van der Waals surface area contributed by atoms with Crippen molar-refractivity contribution in [2.45, 2.75) is 13.1 Å². The van der Waals surface area contributed by atoms with Gasteiger partial charge >= 0.3 is 0 Å². The molecule has 1 aliphatic rings. The van der Waals surface area contributed by atoms with Crippen LogP contribution in [0, 0.1) is 0 Å². The minimum absolute atomic E-state index is 0.0375. The van der Waals surface area contributed by atoms with Crippen molar-refractivity contribution >= 4 is 17.5 Å². The summed E-state index contributed by atoms with van der Waals surface area (Å²) < 4.78 is 5.31. The Hall–Kier alpha value is -2.60. The highest BCUT2D eigenvalue weighted by Crippen LogP contribution is 2.28. The van der Waals surface area contributed by atoms with Crippen LogP contribution in [-0.4, -0.2) is 23.8 Å². The number of nitrogens with one attached hydrogen (secondary N) is 1. The molecule has 0 bridgehead atoms. The van der Waals surface area contributed by atoms with Gasteiger partial charge in [-0.05, 0) is 24.3 Å². The maximum atomic E-state index is 12.2. The number of hydrogen-bond donors (Lipinski definition) is 2. The highest BCUT2D eigenvalue weighted by molar-refractivity contribution is 6.05. The second-order valence-corrected chi connectivity index (χ2v) is 4.92. The topological polar surface area (TPSA) is 88.6 Å². The van der Waals surface area contributed by atoms with E-state index < -0.39 is 0 Å². The number of carbonyl (C=O) groups is 2. The molecule has 0 unspecified atom stereocenters. The highest BCUT2D eigenvalue weighted by atomic mass is 16.4. The van der Waals surface area contributed by atoms with Gasteiger partial charge in [0.05, 0.1) is 6.54 Å². The monoisotopic (exact) mass is 285 g/mol. The molecule has 1 aromatic heterocycles. The Morgan fingerprint density at radius 3 is 2.90 bits per heavy atom. The number of nitrogens with zero attached hydrogens (tertiary/aromatic N) is 1. The van der Waals surface area contributed by atoms with E-state index in [0.717, 1.165) is 5.56 Å². The average molecular weight is 285 g/mol. The fraction of sp³-hybridized carbons (Fsp3) is 0.200. The molecular weight excluding hydrogens is 270 g/mol. The normalized spacial score (nSPS) is 13.4. The summed E-state index contributed by atoms with van der Waals surface area (Å²) in [5, 5.41) is 2.78. The van der Waals surface area contributed by atoms with Gasteiger partial charge < -0.3 is 20.4 Å². The van der Waals surface area contributed by atoms with Crippen LogP contribution in [0.1, 0.15) is 32.2 Å². The van der Waals surface area contributed by atoms with Gasteiger partial charge in [0.25, 0.3) is 11.8 Å². The van der Waals surface area contributed by atoms with E-state index in [-0.39, 0.29) is 24.1 Å².